The van der Waals surface area contributed by atoms with Gasteiger partial charge in [0.05, 0.1) is 19.2 Å². The summed E-state index contributed by atoms with van der Waals surface area (Å²) in [6, 6.07) is 2.88. The number of rotatable bonds is 6. The van der Waals surface area contributed by atoms with Crippen molar-refractivity contribution >= 4 is 11.8 Å². The molecule has 29 heavy (non-hydrogen) atoms. The molecule has 2 aliphatic heterocycles. The third-order valence-corrected chi connectivity index (χ3v) is 6.68. The summed E-state index contributed by atoms with van der Waals surface area (Å²) in [4.78, 5) is 33.9. The number of amides is 2. The maximum atomic E-state index is 13.2. The highest BCUT2D eigenvalue weighted by molar-refractivity contribution is 5.81. The Morgan fingerprint density at radius 1 is 1.24 bits per heavy atom. The van der Waals surface area contributed by atoms with Crippen LogP contribution < -0.4 is 0 Å². The smallest absolute Gasteiger partial charge is 0.228 e. The van der Waals surface area contributed by atoms with E-state index in [0.29, 0.717) is 43.6 Å². The number of methoxy groups -OCH3 is 1. The molecule has 3 fully saturated rings. The number of hydrogen-bond acceptors (Lipinski definition) is 4. The van der Waals surface area contributed by atoms with Crippen LogP contribution in [0.4, 0.5) is 4.39 Å². The summed E-state index contributed by atoms with van der Waals surface area (Å²) in [6.45, 7) is 3.54. The Morgan fingerprint density at radius 3 is 2.72 bits per heavy atom. The second kappa shape index (κ2) is 8.78. The molecule has 4 rings (SSSR count). The highest BCUT2D eigenvalue weighted by atomic mass is 19.1. The van der Waals surface area contributed by atoms with Gasteiger partial charge in [-0.15, -0.1) is 0 Å². The minimum absolute atomic E-state index is 0.00617. The van der Waals surface area contributed by atoms with E-state index in [9.17, 15) is 14.0 Å². The molecule has 1 saturated carbocycles. The number of nitrogens with zero attached hydrogens (tertiary/aromatic N) is 3. The summed E-state index contributed by atoms with van der Waals surface area (Å²) in [5, 5.41) is 0. The first kappa shape index (κ1) is 20.3. The van der Waals surface area contributed by atoms with Crippen molar-refractivity contribution in [1.82, 2.24) is 14.8 Å². The Labute approximate surface area is 171 Å². The molecular formula is C22H30FN3O3. The fraction of sp³-hybridized carbons (Fsp3) is 0.682. The van der Waals surface area contributed by atoms with Crippen LogP contribution in [0, 0.1) is 29.5 Å². The lowest BCUT2D eigenvalue weighted by Gasteiger charge is -2.42. The van der Waals surface area contributed by atoms with Gasteiger partial charge in [-0.1, -0.05) is 0 Å². The molecule has 1 aliphatic carbocycles. The van der Waals surface area contributed by atoms with Crippen molar-refractivity contribution in [2.75, 3.05) is 39.9 Å². The molecule has 1 aromatic rings. The number of halogens is 1. The van der Waals surface area contributed by atoms with Crippen molar-refractivity contribution in [3.8, 4) is 0 Å². The Balaban J connectivity index is 1.42. The van der Waals surface area contributed by atoms with E-state index in [4.69, 9.17) is 4.74 Å². The van der Waals surface area contributed by atoms with Crippen molar-refractivity contribution in [2.45, 2.75) is 32.1 Å². The normalized spacial score (nSPS) is 27.5. The summed E-state index contributed by atoms with van der Waals surface area (Å²) in [5.41, 5.74) is 0.571. The van der Waals surface area contributed by atoms with E-state index in [0.717, 1.165) is 25.7 Å². The molecule has 0 aromatic carbocycles. The second-order valence-corrected chi connectivity index (χ2v) is 8.78. The fourth-order valence-corrected chi connectivity index (χ4v) is 4.93. The van der Waals surface area contributed by atoms with E-state index < -0.39 is 5.82 Å². The molecular weight excluding hydrogens is 373 g/mol. The first-order valence-electron chi connectivity index (χ1n) is 10.7. The van der Waals surface area contributed by atoms with Gasteiger partial charge in [0.1, 0.15) is 5.82 Å². The molecule has 0 spiro atoms. The first-order valence-corrected chi connectivity index (χ1v) is 10.7. The van der Waals surface area contributed by atoms with Crippen molar-refractivity contribution in [3.05, 3.63) is 29.8 Å². The third kappa shape index (κ3) is 4.77. The van der Waals surface area contributed by atoms with Crippen LogP contribution in [0.1, 0.15) is 31.4 Å². The van der Waals surface area contributed by atoms with Crippen molar-refractivity contribution in [1.29, 1.82) is 0 Å². The minimum Gasteiger partial charge on any atom is -0.384 e. The molecule has 3 aliphatic rings. The number of pyridine rings is 1. The van der Waals surface area contributed by atoms with Gasteiger partial charge in [-0.05, 0) is 49.7 Å². The zero-order valence-electron chi connectivity index (χ0n) is 17.1. The fourth-order valence-electron chi connectivity index (χ4n) is 4.93. The lowest BCUT2D eigenvalue weighted by molar-refractivity contribution is -0.146. The number of fused-ring (bicyclic) bond motifs is 1. The predicted octanol–water partition coefficient (Wildman–Crippen LogP) is 2.13. The molecule has 158 valence electrons. The van der Waals surface area contributed by atoms with Gasteiger partial charge in [-0.3, -0.25) is 14.6 Å². The third-order valence-electron chi connectivity index (χ3n) is 6.68. The predicted molar refractivity (Wildman–Crippen MR) is 105 cm³/mol. The minimum atomic E-state index is -0.404. The molecule has 1 aromatic heterocycles. The van der Waals surface area contributed by atoms with Crippen LogP contribution >= 0.6 is 0 Å². The van der Waals surface area contributed by atoms with Crippen LogP contribution in [0.15, 0.2) is 18.3 Å². The molecule has 7 heteroatoms. The summed E-state index contributed by atoms with van der Waals surface area (Å²) >= 11 is 0. The van der Waals surface area contributed by atoms with Gasteiger partial charge >= 0.3 is 0 Å². The Morgan fingerprint density at radius 2 is 2.03 bits per heavy atom. The molecule has 0 radical (unpaired) electrons. The highest BCUT2D eigenvalue weighted by Gasteiger charge is 2.45. The average Bonchev–Trinajstić information content (AvgIpc) is 3.53. The Bertz CT molecular complexity index is 737. The maximum absolute atomic E-state index is 13.2. The number of ether oxygens (including phenoxy) is 1. The number of carbonyl (C=O) groups is 2. The summed E-state index contributed by atoms with van der Waals surface area (Å²) in [5.74, 6) is 1.10. The van der Waals surface area contributed by atoms with Crippen LogP contribution in [0.25, 0.3) is 0 Å². The van der Waals surface area contributed by atoms with Gasteiger partial charge in [-0.2, -0.15) is 0 Å². The second-order valence-electron chi connectivity index (χ2n) is 8.78. The van der Waals surface area contributed by atoms with E-state index in [1.165, 1.54) is 18.9 Å². The van der Waals surface area contributed by atoms with Crippen molar-refractivity contribution < 1.29 is 18.7 Å². The highest BCUT2D eigenvalue weighted by Crippen LogP contribution is 2.39. The number of hydrogen-bond donors (Lipinski definition) is 0. The number of carbonyl (C=O) groups excluding carboxylic acids is 2. The Kier molecular flexibility index (Phi) is 6.13. The van der Waals surface area contributed by atoms with E-state index >= 15 is 0 Å². The van der Waals surface area contributed by atoms with E-state index in [1.807, 2.05) is 4.90 Å². The number of aromatic nitrogens is 1. The molecule has 0 unspecified atom stereocenters. The van der Waals surface area contributed by atoms with Gasteiger partial charge in [-0.25, -0.2) is 4.39 Å². The largest absolute Gasteiger partial charge is 0.384 e. The summed E-state index contributed by atoms with van der Waals surface area (Å²) in [6.07, 6.45) is 5.29. The van der Waals surface area contributed by atoms with Crippen LogP contribution in [0.3, 0.4) is 0 Å². The van der Waals surface area contributed by atoms with E-state index in [2.05, 4.69) is 9.88 Å². The zero-order valence-corrected chi connectivity index (χ0v) is 17.1. The van der Waals surface area contributed by atoms with Gasteiger partial charge in [0.25, 0.3) is 0 Å². The Hall–Kier alpha value is -2.02. The molecule has 2 amide bonds. The maximum Gasteiger partial charge on any atom is 0.228 e. The molecule has 0 bridgehead atoms. The standard InChI is InChI=1S/C22H30FN3O3/c1-29-14-16-13-26(12-15-2-3-15)22(28)20-7-9-25(8-6-19(16)20)21(27)10-18-5-4-17(23)11-24-18/h4-5,11,15-16,19-20H,2-3,6-10,12-14H2,1H3/t16-,19-,20-/m0/s1. The lowest BCUT2D eigenvalue weighted by atomic mass is 9.74. The molecule has 3 atom stereocenters. The quantitative estimate of drug-likeness (QED) is 0.730. The molecule has 6 nitrogen and oxygen atoms in total. The van der Waals surface area contributed by atoms with Crippen molar-refractivity contribution in [2.24, 2.45) is 23.7 Å². The van der Waals surface area contributed by atoms with Crippen molar-refractivity contribution in [3.63, 3.8) is 0 Å². The topological polar surface area (TPSA) is 62.7 Å². The SMILES string of the molecule is COC[C@@H]1CN(CC2CC2)C(=O)[C@H]2CCN(C(=O)Cc3ccc(F)cn3)CC[C@@H]12. The van der Waals surface area contributed by atoms with Gasteiger partial charge in [0, 0.05) is 50.8 Å². The van der Waals surface area contributed by atoms with Crippen LogP contribution in [0.2, 0.25) is 0 Å². The van der Waals surface area contributed by atoms with E-state index in [-0.39, 0.29) is 30.1 Å². The average molecular weight is 403 g/mol. The summed E-state index contributed by atoms with van der Waals surface area (Å²) < 4.78 is 18.5. The molecule has 2 saturated heterocycles. The van der Waals surface area contributed by atoms with Gasteiger partial charge < -0.3 is 14.5 Å². The zero-order chi connectivity index (χ0) is 20.4. The summed E-state index contributed by atoms with van der Waals surface area (Å²) in [7, 11) is 1.72. The first-order chi connectivity index (χ1) is 14.0. The van der Waals surface area contributed by atoms with E-state index in [1.54, 1.807) is 13.2 Å². The van der Waals surface area contributed by atoms with Crippen LogP contribution in [-0.4, -0.2) is 66.5 Å². The van der Waals surface area contributed by atoms with Crippen LogP contribution in [0.5, 0.6) is 0 Å². The molecule has 0 N–H and O–H groups in total. The number of likely N-dealkylation sites (tertiary alicyclic amines) is 2. The van der Waals surface area contributed by atoms with Gasteiger partial charge in [0.15, 0.2) is 0 Å². The number of piperidine rings is 1. The molecule has 3 heterocycles. The lowest BCUT2D eigenvalue weighted by Crippen LogP contribution is -2.52. The van der Waals surface area contributed by atoms with Crippen LogP contribution in [-0.2, 0) is 20.7 Å². The van der Waals surface area contributed by atoms with Gasteiger partial charge in [0.2, 0.25) is 11.8 Å². The monoisotopic (exact) mass is 403 g/mol.